The van der Waals surface area contributed by atoms with E-state index in [2.05, 4.69) is 22.8 Å². The molecule has 0 radical (unpaired) electrons. The van der Waals surface area contributed by atoms with Crippen molar-refractivity contribution in [2.75, 3.05) is 32.7 Å². The van der Waals surface area contributed by atoms with Gasteiger partial charge in [0, 0.05) is 37.7 Å². The molecule has 4 rings (SSSR count). The molecule has 5 heteroatoms. The molecule has 27 heavy (non-hydrogen) atoms. The van der Waals surface area contributed by atoms with Crippen LogP contribution >= 0.6 is 0 Å². The molecule has 2 aliphatic heterocycles. The summed E-state index contributed by atoms with van der Waals surface area (Å²) in [5, 5.41) is 6.56. The van der Waals surface area contributed by atoms with Crippen molar-refractivity contribution in [1.82, 2.24) is 15.5 Å². The minimum absolute atomic E-state index is 0.0251. The van der Waals surface area contributed by atoms with E-state index in [-0.39, 0.29) is 5.91 Å². The number of nitrogens with one attached hydrogen (secondary N) is 2. The highest BCUT2D eigenvalue weighted by molar-refractivity contribution is 5.94. The first-order valence-electron chi connectivity index (χ1n) is 10.6. The molecule has 1 saturated carbocycles. The monoisotopic (exact) mass is 369 g/mol. The van der Waals surface area contributed by atoms with E-state index < -0.39 is 0 Å². The van der Waals surface area contributed by atoms with E-state index >= 15 is 0 Å². The fraction of sp³-hybridized carbons (Fsp3) is 0.636. The summed E-state index contributed by atoms with van der Waals surface area (Å²) >= 11 is 0. The molecule has 3 fully saturated rings. The van der Waals surface area contributed by atoms with E-state index in [0.29, 0.717) is 30.2 Å². The molecule has 1 aliphatic carbocycles. The van der Waals surface area contributed by atoms with Crippen molar-refractivity contribution in [1.29, 1.82) is 0 Å². The molecule has 2 heterocycles. The molecule has 0 aromatic heterocycles. The van der Waals surface area contributed by atoms with Crippen LogP contribution in [0.2, 0.25) is 0 Å². The Bertz CT molecular complexity index is 672. The number of likely N-dealkylation sites (tertiary alicyclic amines) is 1. The molecule has 0 bridgehead atoms. The average molecular weight is 370 g/mol. The third-order valence-corrected chi connectivity index (χ3v) is 6.32. The van der Waals surface area contributed by atoms with Gasteiger partial charge in [-0.3, -0.25) is 9.59 Å². The van der Waals surface area contributed by atoms with Crippen LogP contribution in [0.4, 0.5) is 0 Å². The fourth-order valence-electron chi connectivity index (χ4n) is 4.36. The second-order valence-corrected chi connectivity index (χ2v) is 8.42. The van der Waals surface area contributed by atoms with E-state index in [1.54, 1.807) is 0 Å². The van der Waals surface area contributed by atoms with Crippen LogP contribution in [0, 0.1) is 11.8 Å². The third-order valence-electron chi connectivity index (χ3n) is 6.32. The maximum absolute atomic E-state index is 12.6. The summed E-state index contributed by atoms with van der Waals surface area (Å²) in [6.07, 6.45) is 6.52. The van der Waals surface area contributed by atoms with Gasteiger partial charge in [-0.1, -0.05) is 12.1 Å². The smallest absolute Gasteiger partial charge is 0.251 e. The highest BCUT2D eigenvalue weighted by atomic mass is 16.2. The van der Waals surface area contributed by atoms with Gasteiger partial charge in [0.1, 0.15) is 0 Å². The number of carbonyl (C=O) groups excluding carboxylic acids is 2. The highest BCUT2D eigenvalue weighted by Gasteiger charge is 2.34. The average Bonchev–Trinajstić information content (AvgIpc) is 3.58. The highest BCUT2D eigenvalue weighted by Crippen LogP contribution is 2.32. The number of benzene rings is 1. The Hall–Kier alpha value is -1.88. The van der Waals surface area contributed by atoms with Crippen LogP contribution in [0.3, 0.4) is 0 Å². The largest absolute Gasteiger partial charge is 0.352 e. The number of amides is 2. The summed E-state index contributed by atoms with van der Waals surface area (Å²) in [6, 6.07) is 8.11. The van der Waals surface area contributed by atoms with E-state index in [1.807, 2.05) is 17.0 Å². The molecule has 0 spiro atoms. The first-order valence-corrected chi connectivity index (χ1v) is 10.6. The molecule has 3 aliphatic rings. The minimum atomic E-state index is 0.0251. The van der Waals surface area contributed by atoms with Gasteiger partial charge in [-0.15, -0.1) is 0 Å². The summed E-state index contributed by atoms with van der Waals surface area (Å²) < 4.78 is 0. The van der Waals surface area contributed by atoms with Crippen molar-refractivity contribution >= 4 is 11.8 Å². The van der Waals surface area contributed by atoms with Gasteiger partial charge in [-0.2, -0.15) is 0 Å². The Morgan fingerprint density at radius 1 is 1.11 bits per heavy atom. The summed E-state index contributed by atoms with van der Waals surface area (Å²) in [6.45, 7) is 4.50. The quantitative estimate of drug-likeness (QED) is 0.838. The SMILES string of the molecule is O=C(NCC1CCN(C(=O)C2CC2)CC1)c1cccc([C@@H]2CCCNC2)c1. The maximum Gasteiger partial charge on any atom is 0.251 e. The molecule has 2 saturated heterocycles. The predicted molar refractivity (Wildman–Crippen MR) is 106 cm³/mol. The molecule has 2 N–H and O–H groups in total. The van der Waals surface area contributed by atoms with E-state index in [4.69, 9.17) is 0 Å². The zero-order valence-corrected chi connectivity index (χ0v) is 16.1. The van der Waals surface area contributed by atoms with Crippen LogP contribution < -0.4 is 10.6 Å². The first-order chi connectivity index (χ1) is 13.2. The van der Waals surface area contributed by atoms with Gasteiger partial charge in [0.15, 0.2) is 0 Å². The van der Waals surface area contributed by atoms with Gasteiger partial charge >= 0.3 is 0 Å². The van der Waals surface area contributed by atoms with Crippen LogP contribution in [-0.2, 0) is 4.79 Å². The van der Waals surface area contributed by atoms with Crippen molar-refractivity contribution in [3.05, 3.63) is 35.4 Å². The lowest BCUT2D eigenvalue weighted by Gasteiger charge is -2.32. The van der Waals surface area contributed by atoms with Gasteiger partial charge in [0.2, 0.25) is 5.91 Å². The number of piperidine rings is 2. The summed E-state index contributed by atoms with van der Waals surface area (Å²) in [7, 11) is 0. The van der Waals surface area contributed by atoms with Gasteiger partial charge in [0.05, 0.1) is 0 Å². The fourth-order valence-corrected chi connectivity index (χ4v) is 4.36. The Morgan fingerprint density at radius 2 is 1.93 bits per heavy atom. The standard InChI is InChI=1S/C22H31N3O2/c26-21(19-4-1-3-18(13-19)20-5-2-10-23-15-20)24-14-16-8-11-25(12-9-16)22(27)17-6-7-17/h1,3-4,13,16-17,20,23H,2,5-12,14-15H2,(H,24,26)/t20-/m1/s1. The molecule has 1 atom stereocenters. The van der Waals surface area contributed by atoms with E-state index in [0.717, 1.165) is 57.4 Å². The molecule has 1 aromatic rings. The van der Waals surface area contributed by atoms with Crippen molar-refractivity contribution in [2.45, 2.75) is 44.4 Å². The predicted octanol–water partition coefficient (Wildman–Crippen LogP) is 2.53. The van der Waals surface area contributed by atoms with E-state index in [9.17, 15) is 9.59 Å². The van der Waals surface area contributed by atoms with Crippen molar-refractivity contribution < 1.29 is 9.59 Å². The zero-order valence-electron chi connectivity index (χ0n) is 16.1. The molecule has 146 valence electrons. The lowest BCUT2D eigenvalue weighted by Crippen LogP contribution is -2.42. The van der Waals surface area contributed by atoms with Crippen molar-refractivity contribution in [3.63, 3.8) is 0 Å². The van der Waals surface area contributed by atoms with Gasteiger partial charge < -0.3 is 15.5 Å². The zero-order chi connectivity index (χ0) is 18.6. The topological polar surface area (TPSA) is 61.4 Å². The van der Waals surface area contributed by atoms with Crippen molar-refractivity contribution in [3.8, 4) is 0 Å². The second kappa shape index (κ2) is 8.42. The third kappa shape index (κ3) is 4.70. The van der Waals surface area contributed by atoms with Crippen LogP contribution in [0.15, 0.2) is 24.3 Å². The molecule has 1 aromatic carbocycles. The van der Waals surface area contributed by atoms with Gasteiger partial charge in [-0.25, -0.2) is 0 Å². The lowest BCUT2D eigenvalue weighted by molar-refractivity contribution is -0.133. The maximum atomic E-state index is 12.6. The summed E-state index contributed by atoms with van der Waals surface area (Å²) in [4.78, 5) is 26.8. The Kier molecular flexibility index (Phi) is 5.77. The summed E-state index contributed by atoms with van der Waals surface area (Å²) in [5.41, 5.74) is 2.03. The van der Waals surface area contributed by atoms with E-state index in [1.165, 1.54) is 18.4 Å². The van der Waals surface area contributed by atoms with Crippen molar-refractivity contribution in [2.24, 2.45) is 11.8 Å². The van der Waals surface area contributed by atoms with Crippen LogP contribution in [0.25, 0.3) is 0 Å². The number of hydrogen-bond acceptors (Lipinski definition) is 3. The number of rotatable bonds is 5. The van der Waals surface area contributed by atoms with Crippen LogP contribution in [0.1, 0.15) is 60.4 Å². The van der Waals surface area contributed by atoms with Crippen LogP contribution in [0.5, 0.6) is 0 Å². The molecule has 2 amide bonds. The Balaban J connectivity index is 1.25. The van der Waals surface area contributed by atoms with Gasteiger partial charge in [0.25, 0.3) is 5.91 Å². The normalized spacial score (nSPS) is 23.9. The Morgan fingerprint density at radius 3 is 2.63 bits per heavy atom. The number of nitrogens with zero attached hydrogens (tertiary/aromatic N) is 1. The lowest BCUT2D eigenvalue weighted by atomic mass is 9.90. The molecular weight excluding hydrogens is 338 g/mol. The molecule has 5 nitrogen and oxygen atoms in total. The van der Waals surface area contributed by atoms with Gasteiger partial charge in [-0.05, 0) is 74.6 Å². The summed E-state index contributed by atoms with van der Waals surface area (Å²) in [5.74, 6) is 1.68. The molecular formula is C22H31N3O2. The first kappa shape index (κ1) is 18.5. The minimum Gasteiger partial charge on any atom is -0.352 e. The number of carbonyl (C=O) groups is 2. The second-order valence-electron chi connectivity index (χ2n) is 8.42. The molecule has 0 unspecified atom stereocenters. The Labute approximate surface area is 161 Å². The number of hydrogen-bond donors (Lipinski definition) is 2. The van der Waals surface area contributed by atoms with Crippen LogP contribution in [-0.4, -0.2) is 49.4 Å².